The minimum atomic E-state index is -0.314. The number of fused-ring (bicyclic) bond motifs is 1. The molecular weight excluding hydrogens is 250 g/mol. The molecule has 0 fully saturated rings. The first-order valence-corrected chi connectivity index (χ1v) is 7.08. The predicted molar refractivity (Wildman–Crippen MR) is 77.6 cm³/mol. The van der Waals surface area contributed by atoms with E-state index in [9.17, 15) is 5.11 Å². The first kappa shape index (κ1) is 13.1. The average Bonchev–Trinajstić information content (AvgIpc) is 2.45. The van der Waals surface area contributed by atoms with Crippen LogP contribution in [0.5, 0.6) is 5.75 Å². The molecule has 1 aliphatic carbocycles. The summed E-state index contributed by atoms with van der Waals surface area (Å²) in [6.45, 7) is 2.45. The number of hydrogen-bond donors (Lipinski definition) is 1. The van der Waals surface area contributed by atoms with Gasteiger partial charge < -0.3 is 9.84 Å². The van der Waals surface area contributed by atoms with Gasteiger partial charge in [0.15, 0.2) is 0 Å². The quantitative estimate of drug-likeness (QED) is 0.929. The highest BCUT2D eigenvalue weighted by atomic mass is 16.5. The van der Waals surface area contributed by atoms with Crippen LogP contribution in [-0.2, 0) is 13.0 Å². The van der Waals surface area contributed by atoms with Crippen LogP contribution in [0.25, 0.3) is 0 Å². The van der Waals surface area contributed by atoms with Gasteiger partial charge in [0.25, 0.3) is 0 Å². The van der Waals surface area contributed by atoms with Crippen molar-refractivity contribution in [2.45, 2.75) is 38.9 Å². The van der Waals surface area contributed by atoms with Gasteiger partial charge in [0.05, 0.1) is 11.8 Å². The number of ether oxygens (including phenoxy) is 1. The van der Waals surface area contributed by atoms with E-state index >= 15 is 0 Å². The smallest absolute Gasteiger partial charge is 0.130 e. The molecule has 3 rings (SSSR count). The lowest BCUT2D eigenvalue weighted by Gasteiger charge is -2.21. The Kier molecular flexibility index (Phi) is 3.70. The van der Waals surface area contributed by atoms with Crippen molar-refractivity contribution in [3.8, 4) is 5.75 Å². The van der Waals surface area contributed by atoms with Crippen molar-refractivity contribution in [2.24, 2.45) is 0 Å². The zero-order chi connectivity index (χ0) is 13.9. The number of aliphatic hydroxyl groups is 1. The number of aliphatic hydroxyl groups excluding tert-OH is 1. The van der Waals surface area contributed by atoms with Crippen LogP contribution in [0.1, 0.15) is 41.5 Å². The average molecular weight is 269 g/mol. The molecule has 1 unspecified atom stereocenters. The third kappa shape index (κ3) is 2.83. The number of benzene rings is 1. The second kappa shape index (κ2) is 5.63. The molecule has 1 N–H and O–H groups in total. The van der Waals surface area contributed by atoms with Crippen molar-refractivity contribution in [3.63, 3.8) is 0 Å². The lowest BCUT2D eigenvalue weighted by atomic mass is 9.89. The molecule has 1 aliphatic rings. The minimum Gasteiger partial charge on any atom is -0.487 e. The highest BCUT2D eigenvalue weighted by Crippen LogP contribution is 2.32. The summed E-state index contributed by atoms with van der Waals surface area (Å²) in [7, 11) is 0. The lowest BCUT2D eigenvalue weighted by molar-refractivity contribution is 0.156. The Morgan fingerprint density at radius 3 is 3.05 bits per heavy atom. The van der Waals surface area contributed by atoms with E-state index in [0.717, 1.165) is 42.0 Å². The molecule has 1 atom stereocenters. The van der Waals surface area contributed by atoms with Crippen LogP contribution in [0.4, 0.5) is 0 Å². The Hall–Kier alpha value is -1.87. The van der Waals surface area contributed by atoms with Crippen LogP contribution < -0.4 is 4.74 Å². The monoisotopic (exact) mass is 269 g/mol. The highest BCUT2D eigenvalue weighted by molar-refractivity contribution is 5.38. The van der Waals surface area contributed by atoms with Crippen molar-refractivity contribution >= 4 is 0 Å². The van der Waals surface area contributed by atoms with Crippen LogP contribution in [0.15, 0.2) is 36.4 Å². The van der Waals surface area contributed by atoms with Gasteiger partial charge in [0, 0.05) is 5.69 Å². The maximum Gasteiger partial charge on any atom is 0.130 e. The maximum atomic E-state index is 9.94. The van der Waals surface area contributed by atoms with Gasteiger partial charge in [-0.25, -0.2) is 0 Å². The van der Waals surface area contributed by atoms with E-state index in [2.05, 4.69) is 4.98 Å². The molecule has 3 heteroatoms. The number of hydrogen-bond acceptors (Lipinski definition) is 3. The molecule has 0 radical (unpaired) electrons. The summed E-state index contributed by atoms with van der Waals surface area (Å²) in [5.74, 6) is 0.848. The number of pyridine rings is 1. The Morgan fingerprint density at radius 2 is 2.20 bits per heavy atom. The molecule has 0 amide bonds. The molecule has 3 nitrogen and oxygen atoms in total. The van der Waals surface area contributed by atoms with Crippen molar-refractivity contribution < 1.29 is 9.84 Å². The van der Waals surface area contributed by atoms with E-state index in [0.29, 0.717) is 6.61 Å². The van der Waals surface area contributed by atoms with Crippen molar-refractivity contribution in [1.29, 1.82) is 0 Å². The van der Waals surface area contributed by atoms with E-state index in [1.54, 1.807) is 0 Å². The summed E-state index contributed by atoms with van der Waals surface area (Å²) in [5.41, 5.74) is 4.19. The van der Waals surface area contributed by atoms with Crippen molar-refractivity contribution in [3.05, 3.63) is 58.9 Å². The minimum absolute atomic E-state index is 0.314. The zero-order valence-electron chi connectivity index (χ0n) is 11.7. The SMILES string of the molecule is Cc1cccc(COc2ccc3c(c2)CCCC3O)n1. The van der Waals surface area contributed by atoms with Gasteiger partial charge in [-0.1, -0.05) is 12.1 Å². The molecule has 1 aromatic heterocycles. The molecule has 0 aliphatic heterocycles. The molecule has 0 spiro atoms. The van der Waals surface area contributed by atoms with Crippen LogP contribution in [0.2, 0.25) is 0 Å². The van der Waals surface area contributed by atoms with Crippen LogP contribution in [0.3, 0.4) is 0 Å². The van der Waals surface area contributed by atoms with E-state index in [1.807, 2.05) is 43.3 Å². The summed E-state index contributed by atoms with van der Waals surface area (Å²) in [5, 5.41) is 9.94. The molecule has 0 saturated heterocycles. The maximum absolute atomic E-state index is 9.94. The summed E-state index contributed by atoms with van der Waals surface area (Å²) in [6.07, 6.45) is 2.61. The summed E-state index contributed by atoms with van der Waals surface area (Å²) in [6, 6.07) is 11.9. The summed E-state index contributed by atoms with van der Waals surface area (Å²) in [4.78, 5) is 4.42. The van der Waals surface area contributed by atoms with Crippen LogP contribution in [0, 0.1) is 6.92 Å². The van der Waals surface area contributed by atoms with Gasteiger partial charge in [0.2, 0.25) is 0 Å². The van der Waals surface area contributed by atoms with Gasteiger partial charge in [-0.3, -0.25) is 4.98 Å². The predicted octanol–water partition coefficient (Wildman–Crippen LogP) is 3.34. The zero-order valence-corrected chi connectivity index (χ0v) is 11.7. The molecular formula is C17H19NO2. The largest absolute Gasteiger partial charge is 0.487 e. The van der Waals surface area contributed by atoms with Crippen molar-refractivity contribution in [1.82, 2.24) is 4.98 Å². The molecule has 1 heterocycles. The molecule has 1 aromatic carbocycles. The summed E-state index contributed by atoms with van der Waals surface area (Å²) < 4.78 is 5.80. The molecule has 20 heavy (non-hydrogen) atoms. The van der Waals surface area contributed by atoms with Crippen molar-refractivity contribution in [2.75, 3.05) is 0 Å². The standard InChI is InChI=1S/C17H19NO2/c1-12-4-2-6-14(18-12)11-20-15-8-9-16-13(10-15)5-3-7-17(16)19/h2,4,6,8-10,17,19H,3,5,7,11H2,1H3. The molecule has 2 aromatic rings. The Morgan fingerprint density at radius 1 is 1.30 bits per heavy atom. The third-order valence-corrected chi connectivity index (χ3v) is 3.73. The second-order valence-corrected chi connectivity index (χ2v) is 5.33. The fraction of sp³-hybridized carbons (Fsp3) is 0.353. The summed E-state index contributed by atoms with van der Waals surface area (Å²) >= 11 is 0. The van der Waals surface area contributed by atoms with E-state index in [-0.39, 0.29) is 6.10 Å². The number of aryl methyl sites for hydroxylation is 2. The fourth-order valence-corrected chi connectivity index (χ4v) is 2.69. The molecule has 104 valence electrons. The van der Waals surface area contributed by atoms with Crippen LogP contribution >= 0.6 is 0 Å². The Bertz CT molecular complexity index is 610. The van der Waals surface area contributed by atoms with E-state index in [4.69, 9.17) is 4.74 Å². The highest BCUT2D eigenvalue weighted by Gasteiger charge is 2.18. The number of rotatable bonds is 3. The number of aromatic nitrogens is 1. The Labute approximate surface area is 119 Å². The first-order chi connectivity index (χ1) is 9.72. The fourth-order valence-electron chi connectivity index (χ4n) is 2.69. The van der Waals surface area contributed by atoms with E-state index in [1.165, 1.54) is 5.56 Å². The third-order valence-electron chi connectivity index (χ3n) is 3.73. The Balaban J connectivity index is 1.72. The normalized spacial score (nSPS) is 17.6. The second-order valence-electron chi connectivity index (χ2n) is 5.33. The molecule has 0 bridgehead atoms. The molecule has 0 saturated carbocycles. The van der Waals surface area contributed by atoms with E-state index < -0.39 is 0 Å². The topological polar surface area (TPSA) is 42.4 Å². The first-order valence-electron chi connectivity index (χ1n) is 7.08. The van der Waals surface area contributed by atoms with Gasteiger partial charge in [0.1, 0.15) is 12.4 Å². The van der Waals surface area contributed by atoms with Gasteiger partial charge in [-0.05, 0) is 61.6 Å². The lowest BCUT2D eigenvalue weighted by Crippen LogP contribution is -2.09. The van der Waals surface area contributed by atoms with Gasteiger partial charge in [-0.2, -0.15) is 0 Å². The number of nitrogens with zero attached hydrogens (tertiary/aromatic N) is 1. The van der Waals surface area contributed by atoms with Gasteiger partial charge in [-0.15, -0.1) is 0 Å². The van der Waals surface area contributed by atoms with Gasteiger partial charge >= 0.3 is 0 Å². The van der Waals surface area contributed by atoms with Crippen LogP contribution in [-0.4, -0.2) is 10.1 Å².